The van der Waals surface area contributed by atoms with Crippen LogP contribution in [0.25, 0.3) is 10.4 Å². The van der Waals surface area contributed by atoms with Crippen LogP contribution in [0.2, 0.25) is 0 Å². The van der Waals surface area contributed by atoms with Crippen LogP contribution in [0.15, 0.2) is 39.4 Å². The lowest BCUT2D eigenvalue weighted by atomic mass is 10.3. The molecule has 0 aliphatic carbocycles. The van der Waals surface area contributed by atoms with Crippen LogP contribution in [-0.4, -0.2) is 8.42 Å². The normalized spacial score (nSPS) is 11.8. The number of thiophene rings is 1. The predicted octanol–water partition coefficient (Wildman–Crippen LogP) is 1.66. The summed E-state index contributed by atoms with van der Waals surface area (Å²) in [5.41, 5.74) is 0.516. The van der Waals surface area contributed by atoms with Crippen molar-refractivity contribution in [1.29, 1.82) is 0 Å². The van der Waals surface area contributed by atoms with Gasteiger partial charge in [-0.3, -0.25) is 0 Å². The van der Waals surface area contributed by atoms with Crippen LogP contribution in [0.3, 0.4) is 0 Å². The fraction of sp³-hybridized carbons (Fsp3) is 0. The Hall–Kier alpha value is -1.11. The highest BCUT2D eigenvalue weighted by Crippen LogP contribution is 2.30. The van der Waals surface area contributed by atoms with Crippen LogP contribution in [0.1, 0.15) is 0 Å². The maximum Gasteiger partial charge on any atom is 0.272 e. The minimum Gasteiger partial charge on any atom is -0.451 e. The molecule has 2 aromatic heterocycles. The van der Waals surface area contributed by atoms with Gasteiger partial charge in [0.05, 0.1) is 11.8 Å². The lowest BCUT2D eigenvalue weighted by Crippen LogP contribution is -2.11. The van der Waals surface area contributed by atoms with E-state index in [1.54, 1.807) is 6.07 Å². The Balaban J connectivity index is 2.62. The highest BCUT2D eigenvalue weighted by molar-refractivity contribution is 7.89. The van der Waals surface area contributed by atoms with Crippen molar-refractivity contribution in [3.8, 4) is 10.4 Å². The van der Waals surface area contributed by atoms with Gasteiger partial charge in [-0.2, -0.15) is 0 Å². The molecule has 0 aliphatic heterocycles. The molecule has 2 rings (SSSR count). The molecule has 74 valence electrons. The number of primary sulfonamides is 1. The summed E-state index contributed by atoms with van der Waals surface area (Å²) in [6.45, 7) is 0. The Morgan fingerprint density at radius 3 is 2.71 bits per heavy atom. The molecule has 0 aromatic carbocycles. The number of furan rings is 1. The third-order valence-corrected chi connectivity index (χ3v) is 3.41. The summed E-state index contributed by atoms with van der Waals surface area (Å²) in [7, 11) is -3.78. The summed E-state index contributed by atoms with van der Waals surface area (Å²) in [6, 6.07) is 5.23. The zero-order valence-electron chi connectivity index (χ0n) is 7.01. The van der Waals surface area contributed by atoms with E-state index >= 15 is 0 Å². The van der Waals surface area contributed by atoms with Crippen LogP contribution < -0.4 is 5.14 Å². The zero-order chi connectivity index (χ0) is 10.2. The van der Waals surface area contributed by atoms with Crippen LogP contribution in [0.4, 0.5) is 0 Å². The largest absolute Gasteiger partial charge is 0.451 e. The third-order valence-electron chi connectivity index (χ3n) is 1.67. The lowest BCUT2D eigenvalue weighted by molar-refractivity contribution is 0.452. The van der Waals surface area contributed by atoms with Crippen molar-refractivity contribution >= 4 is 21.4 Å². The molecule has 0 saturated heterocycles. The molecule has 14 heavy (non-hydrogen) atoms. The fourth-order valence-electron chi connectivity index (χ4n) is 1.13. The number of hydrogen-bond acceptors (Lipinski definition) is 4. The molecule has 0 atom stereocenters. The maximum atomic E-state index is 11.1. The highest BCUT2D eigenvalue weighted by Gasteiger charge is 2.19. The lowest BCUT2D eigenvalue weighted by Gasteiger charge is -1.96. The van der Waals surface area contributed by atoms with Gasteiger partial charge >= 0.3 is 0 Å². The Morgan fingerprint density at radius 1 is 1.36 bits per heavy atom. The number of hydrogen-bond donors (Lipinski definition) is 1. The van der Waals surface area contributed by atoms with Gasteiger partial charge in [0.15, 0.2) is 0 Å². The van der Waals surface area contributed by atoms with E-state index in [2.05, 4.69) is 0 Å². The molecule has 6 heteroatoms. The van der Waals surface area contributed by atoms with Crippen molar-refractivity contribution in [1.82, 2.24) is 0 Å². The van der Waals surface area contributed by atoms with E-state index in [1.165, 1.54) is 17.6 Å². The monoisotopic (exact) mass is 229 g/mol. The molecule has 0 unspecified atom stereocenters. The minimum atomic E-state index is -3.78. The summed E-state index contributed by atoms with van der Waals surface area (Å²) in [5, 5.41) is 6.67. The molecule has 0 saturated carbocycles. The number of nitrogens with two attached hydrogens (primary N) is 1. The van der Waals surface area contributed by atoms with Crippen molar-refractivity contribution in [3.63, 3.8) is 0 Å². The van der Waals surface area contributed by atoms with Gasteiger partial charge in [-0.25, -0.2) is 13.6 Å². The maximum absolute atomic E-state index is 11.1. The van der Waals surface area contributed by atoms with Gasteiger partial charge in [0.1, 0.15) is 0 Å². The first-order chi connectivity index (χ1) is 6.59. The van der Waals surface area contributed by atoms with Gasteiger partial charge in [-0.05, 0) is 17.5 Å². The van der Waals surface area contributed by atoms with Gasteiger partial charge in [-0.1, -0.05) is 6.07 Å². The van der Waals surface area contributed by atoms with Crippen LogP contribution in [0, 0.1) is 0 Å². The summed E-state index contributed by atoms with van der Waals surface area (Å²) >= 11 is 1.43. The molecule has 0 spiro atoms. The summed E-state index contributed by atoms with van der Waals surface area (Å²) in [5.74, 6) is 0. The molecule has 4 nitrogen and oxygen atoms in total. The van der Waals surface area contributed by atoms with Gasteiger partial charge in [0.25, 0.3) is 10.0 Å². The summed E-state index contributed by atoms with van der Waals surface area (Å²) in [6.07, 6.45) is 1.31. The predicted molar refractivity (Wildman–Crippen MR) is 53.4 cm³/mol. The Labute approximate surface area is 85.0 Å². The van der Waals surface area contributed by atoms with Gasteiger partial charge in [0.2, 0.25) is 5.09 Å². The Kier molecular flexibility index (Phi) is 2.18. The summed E-state index contributed by atoms with van der Waals surface area (Å²) in [4.78, 5) is 0.822. The van der Waals surface area contributed by atoms with Crippen LogP contribution >= 0.6 is 11.3 Å². The molecular formula is C8H7NO3S2. The molecule has 0 bridgehead atoms. The van der Waals surface area contributed by atoms with Crippen molar-refractivity contribution in [2.24, 2.45) is 5.14 Å². The van der Waals surface area contributed by atoms with E-state index in [9.17, 15) is 8.42 Å². The van der Waals surface area contributed by atoms with Crippen molar-refractivity contribution < 1.29 is 12.8 Å². The second-order valence-corrected chi connectivity index (χ2v) is 5.05. The second kappa shape index (κ2) is 3.23. The molecule has 0 aliphatic rings. The molecule has 0 radical (unpaired) electrons. The van der Waals surface area contributed by atoms with E-state index < -0.39 is 10.0 Å². The average molecular weight is 229 g/mol. The van der Waals surface area contributed by atoms with Gasteiger partial charge < -0.3 is 4.42 Å². The topological polar surface area (TPSA) is 73.3 Å². The average Bonchev–Trinajstić information content (AvgIpc) is 2.73. The van der Waals surface area contributed by atoms with Crippen molar-refractivity contribution in [2.75, 3.05) is 0 Å². The first-order valence-corrected chi connectivity index (χ1v) is 6.16. The third kappa shape index (κ3) is 1.59. The number of rotatable bonds is 2. The smallest absolute Gasteiger partial charge is 0.272 e. The Bertz CT molecular complexity index is 525. The minimum absolute atomic E-state index is 0.181. The van der Waals surface area contributed by atoms with E-state index in [4.69, 9.17) is 9.56 Å². The zero-order valence-corrected chi connectivity index (χ0v) is 8.64. The molecular weight excluding hydrogens is 222 g/mol. The first kappa shape index (κ1) is 9.45. The Morgan fingerprint density at radius 2 is 2.14 bits per heavy atom. The fourth-order valence-corrected chi connectivity index (χ4v) is 2.62. The van der Waals surface area contributed by atoms with Crippen molar-refractivity contribution in [2.45, 2.75) is 5.09 Å². The molecule has 2 N–H and O–H groups in total. The van der Waals surface area contributed by atoms with E-state index in [0.717, 1.165) is 4.88 Å². The van der Waals surface area contributed by atoms with E-state index in [-0.39, 0.29) is 5.09 Å². The standard InChI is InChI=1S/C8H7NO3S2/c9-14(10,11)8-6(3-4-12-8)7-2-1-5-13-7/h1-5H,(H2,9,10,11). The van der Waals surface area contributed by atoms with Gasteiger partial charge in [-0.15, -0.1) is 11.3 Å². The van der Waals surface area contributed by atoms with Crippen molar-refractivity contribution in [3.05, 3.63) is 29.8 Å². The van der Waals surface area contributed by atoms with E-state index in [1.807, 2.05) is 17.5 Å². The molecule has 2 heterocycles. The van der Waals surface area contributed by atoms with Gasteiger partial charge in [0, 0.05) is 4.88 Å². The van der Waals surface area contributed by atoms with E-state index in [0.29, 0.717) is 5.56 Å². The molecule has 0 amide bonds. The number of sulfonamides is 1. The molecule has 2 aromatic rings. The summed E-state index contributed by atoms with van der Waals surface area (Å²) < 4.78 is 27.0. The first-order valence-electron chi connectivity index (χ1n) is 3.73. The molecule has 0 fully saturated rings. The SMILES string of the molecule is NS(=O)(=O)c1occc1-c1cccs1. The van der Waals surface area contributed by atoms with Crippen LogP contribution in [0.5, 0.6) is 0 Å². The second-order valence-electron chi connectivity index (χ2n) is 2.64. The highest BCUT2D eigenvalue weighted by atomic mass is 32.2. The van der Waals surface area contributed by atoms with Crippen LogP contribution in [-0.2, 0) is 10.0 Å². The quantitative estimate of drug-likeness (QED) is 0.851.